The summed E-state index contributed by atoms with van der Waals surface area (Å²) in [5.74, 6) is 0.204. The van der Waals surface area contributed by atoms with Gasteiger partial charge in [-0.2, -0.15) is 0 Å². The Morgan fingerprint density at radius 3 is 2.56 bits per heavy atom. The Balaban J connectivity index is 1.95. The van der Waals surface area contributed by atoms with Gasteiger partial charge in [0.25, 0.3) is 0 Å². The molecule has 32 heavy (non-hydrogen) atoms. The second kappa shape index (κ2) is 10.2. The maximum atomic E-state index is 12.2. The molecule has 168 valence electrons. The average Bonchev–Trinajstić information content (AvgIpc) is 3.11. The van der Waals surface area contributed by atoms with Gasteiger partial charge in [-0.15, -0.1) is 0 Å². The number of aromatic nitrogens is 1. The first-order valence-electron chi connectivity index (χ1n) is 10.7. The molecule has 0 spiro atoms. The van der Waals surface area contributed by atoms with E-state index in [-0.39, 0.29) is 5.91 Å². The Morgan fingerprint density at radius 2 is 1.88 bits per heavy atom. The molecule has 2 aromatic carbocycles. The highest BCUT2D eigenvalue weighted by molar-refractivity contribution is 5.98. The van der Waals surface area contributed by atoms with E-state index in [0.717, 1.165) is 34.0 Å². The van der Waals surface area contributed by atoms with Crippen molar-refractivity contribution in [3.63, 3.8) is 0 Å². The second-order valence-corrected chi connectivity index (χ2v) is 7.82. The van der Waals surface area contributed by atoms with E-state index < -0.39 is 5.97 Å². The van der Waals surface area contributed by atoms with Crippen molar-refractivity contribution in [3.05, 3.63) is 70.4 Å². The number of rotatable bonds is 8. The second-order valence-electron chi connectivity index (χ2n) is 7.82. The van der Waals surface area contributed by atoms with Crippen LogP contribution < -0.4 is 10.1 Å². The minimum Gasteiger partial charge on any atom is -0.496 e. The molecule has 1 N–H and O–H groups in total. The number of hydrogen-bond acceptors (Lipinski definition) is 4. The molecular weight excluding hydrogens is 404 g/mol. The molecule has 6 nitrogen and oxygen atoms in total. The van der Waals surface area contributed by atoms with Gasteiger partial charge in [0.05, 0.1) is 19.8 Å². The molecule has 0 saturated carbocycles. The highest BCUT2D eigenvalue weighted by Gasteiger charge is 2.14. The Bertz CT molecular complexity index is 1170. The molecule has 0 aliphatic carbocycles. The summed E-state index contributed by atoms with van der Waals surface area (Å²) in [4.78, 5) is 24.1. The summed E-state index contributed by atoms with van der Waals surface area (Å²) in [5, 5.41) is 4.02. The largest absolute Gasteiger partial charge is 0.496 e. The lowest BCUT2D eigenvalue weighted by atomic mass is 10.00. The lowest BCUT2D eigenvalue weighted by molar-refractivity contribution is -0.117. The summed E-state index contributed by atoms with van der Waals surface area (Å²) < 4.78 is 12.4. The molecule has 1 aromatic heterocycles. The number of fused-ring (bicyclic) bond motifs is 1. The summed E-state index contributed by atoms with van der Waals surface area (Å²) in [5.41, 5.74) is 5.32. The van der Waals surface area contributed by atoms with E-state index in [4.69, 9.17) is 9.47 Å². The predicted octanol–water partition coefficient (Wildman–Crippen LogP) is 4.49. The smallest absolute Gasteiger partial charge is 0.337 e. The van der Waals surface area contributed by atoms with Crippen LogP contribution in [0, 0.1) is 0 Å². The number of carbonyl (C=O) groups excluding carboxylic acids is 2. The summed E-state index contributed by atoms with van der Waals surface area (Å²) in [7, 11) is 4.97. The summed E-state index contributed by atoms with van der Waals surface area (Å²) in [6.45, 7) is 4.53. The summed E-state index contributed by atoms with van der Waals surface area (Å²) >= 11 is 0. The third kappa shape index (κ3) is 5.02. The van der Waals surface area contributed by atoms with E-state index in [1.807, 2.05) is 39.1 Å². The quantitative estimate of drug-likeness (QED) is 0.419. The fraction of sp³-hybridized carbons (Fsp3) is 0.308. The third-order valence-electron chi connectivity index (χ3n) is 5.46. The molecule has 3 aromatic rings. The Morgan fingerprint density at radius 1 is 1.09 bits per heavy atom. The van der Waals surface area contributed by atoms with Gasteiger partial charge in [0, 0.05) is 42.7 Å². The zero-order valence-corrected chi connectivity index (χ0v) is 19.3. The zero-order chi connectivity index (χ0) is 23.3. The molecule has 1 heterocycles. The Labute approximate surface area is 188 Å². The van der Waals surface area contributed by atoms with Gasteiger partial charge in [-0.1, -0.05) is 19.1 Å². The van der Waals surface area contributed by atoms with Crippen LogP contribution >= 0.6 is 0 Å². The van der Waals surface area contributed by atoms with Gasteiger partial charge >= 0.3 is 5.97 Å². The maximum Gasteiger partial charge on any atom is 0.337 e. The standard InChI is InChI=1S/C26H30N2O4/c1-6-11-27-25(29)17(2)12-18-7-10-23-22(13-18)21(16-28(23)3)14-19-8-9-20(26(30)32-5)15-24(19)31-4/h7-10,12-13,15-16H,6,11,14H2,1-5H3,(H,27,29)/b17-12+. The number of aryl methyl sites for hydroxylation is 1. The van der Waals surface area contributed by atoms with Crippen LogP contribution in [0.2, 0.25) is 0 Å². The minimum atomic E-state index is -0.394. The van der Waals surface area contributed by atoms with Crippen LogP contribution in [-0.4, -0.2) is 37.2 Å². The third-order valence-corrected chi connectivity index (χ3v) is 5.46. The number of hydrogen-bond donors (Lipinski definition) is 1. The monoisotopic (exact) mass is 434 g/mol. The molecule has 0 saturated heterocycles. The van der Waals surface area contributed by atoms with Gasteiger partial charge in [-0.25, -0.2) is 4.79 Å². The highest BCUT2D eigenvalue weighted by atomic mass is 16.5. The molecule has 0 aliphatic rings. The van der Waals surface area contributed by atoms with Crippen molar-refractivity contribution in [2.45, 2.75) is 26.7 Å². The highest BCUT2D eigenvalue weighted by Crippen LogP contribution is 2.29. The molecule has 0 atom stereocenters. The number of carbonyl (C=O) groups is 2. The Kier molecular flexibility index (Phi) is 7.36. The first-order chi connectivity index (χ1) is 15.4. The van der Waals surface area contributed by atoms with E-state index in [9.17, 15) is 9.59 Å². The van der Waals surface area contributed by atoms with Gasteiger partial charge in [0.2, 0.25) is 5.91 Å². The number of nitrogens with zero attached hydrogens (tertiary/aromatic N) is 1. The van der Waals surface area contributed by atoms with E-state index in [1.54, 1.807) is 19.2 Å². The topological polar surface area (TPSA) is 69.6 Å². The van der Waals surface area contributed by atoms with Crippen LogP contribution in [0.4, 0.5) is 0 Å². The van der Waals surface area contributed by atoms with Crippen LogP contribution in [0.3, 0.4) is 0 Å². The van der Waals surface area contributed by atoms with Gasteiger partial charge in [0.15, 0.2) is 0 Å². The fourth-order valence-electron chi connectivity index (χ4n) is 3.76. The molecule has 6 heteroatoms. The molecule has 0 bridgehead atoms. The number of amides is 1. The van der Waals surface area contributed by atoms with Crippen molar-refractivity contribution < 1.29 is 19.1 Å². The van der Waals surface area contributed by atoms with Crippen LogP contribution in [-0.2, 0) is 23.0 Å². The lowest BCUT2D eigenvalue weighted by Gasteiger charge is -2.10. The van der Waals surface area contributed by atoms with E-state index in [0.29, 0.717) is 29.9 Å². The van der Waals surface area contributed by atoms with Gasteiger partial charge in [0.1, 0.15) is 5.75 Å². The van der Waals surface area contributed by atoms with Crippen LogP contribution in [0.25, 0.3) is 17.0 Å². The van der Waals surface area contributed by atoms with Crippen molar-refractivity contribution in [1.29, 1.82) is 0 Å². The summed E-state index contributed by atoms with van der Waals surface area (Å²) in [6, 6.07) is 11.6. The lowest BCUT2D eigenvalue weighted by Crippen LogP contribution is -2.24. The number of ether oxygens (including phenoxy) is 2. The van der Waals surface area contributed by atoms with Crippen LogP contribution in [0.5, 0.6) is 5.75 Å². The normalized spacial score (nSPS) is 11.5. The molecule has 0 aliphatic heterocycles. The van der Waals surface area contributed by atoms with Crippen molar-refractivity contribution in [3.8, 4) is 5.75 Å². The van der Waals surface area contributed by atoms with Crippen LogP contribution in [0.1, 0.15) is 47.3 Å². The molecular formula is C26H30N2O4. The SMILES string of the molecule is CCCNC(=O)/C(C)=C/c1ccc2c(c1)c(Cc1ccc(C(=O)OC)cc1OC)cn2C. The molecule has 3 rings (SSSR count). The molecule has 0 radical (unpaired) electrons. The van der Waals surface area contributed by atoms with Crippen molar-refractivity contribution in [2.24, 2.45) is 7.05 Å². The van der Waals surface area contributed by atoms with E-state index in [2.05, 4.69) is 28.2 Å². The van der Waals surface area contributed by atoms with Gasteiger partial charge < -0.3 is 19.4 Å². The Hall–Kier alpha value is -3.54. The fourth-order valence-corrected chi connectivity index (χ4v) is 3.76. The maximum absolute atomic E-state index is 12.2. The number of methoxy groups -OCH3 is 2. The van der Waals surface area contributed by atoms with Gasteiger partial charge in [-0.3, -0.25) is 4.79 Å². The van der Waals surface area contributed by atoms with E-state index >= 15 is 0 Å². The molecule has 1 amide bonds. The van der Waals surface area contributed by atoms with Crippen molar-refractivity contribution >= 4 is 28.9 Å². The van der Waals surface area contributed by atoms with Gasteiger partial charge in [-0.05, 0) is 60.4 Å². The molecule has 0 fully saturated rings. The first kappa shape index (κ1) is 23.1. The average molecular weight is 435 g/mol. The molecule has 0 unspecified atom stereocenters. The zero-order valence-electron chi connectivity index (χ0n) is 19.3. The minimum absolute atomic E-state index is 0.0457. The number of esters is 1. The summed E-state index contributed by atoms with van der Waals surface area (Å²) in [6.07, 6.45) is 5.56. The van der Waals surface area contributed by atoms with Crippen molar-refractivity contribution in [2.75, 3.05) is 20.8 Å². The number of benzene rings is 2. The van der Waals surface area contributed by atoms with E-state index in [1.165, 1.54) is 7.11 Å². The first-order valence-corrected chi connectivity index (χ1v) is 10.7. The van der Waals surface area contributed by atoms with Crippen molar-refractivity contribution in [1.82, 2.24) is 9.88 Å². The predicted molar refractivity (Wildman–Crippen MR) is 127 cm³/mol. The van der Waals surface area contributed by atoms with Crippen LogP contribution in [0.15, 0.2) is 48.2 Å². The number of nitrogens with one attached hydrogen (secondary N) is 1.